The molecule has 358 valence electrons. The van der Waals surface area contributed by atoms with Crippen molar-refractivity contribution in [2.45, 2.75) is 101 Å². The third kappa shape index (κ3) is 11.2. The minimum atomic E-state index is -0.132. The Morgan fingerprint density at radius 3 is 0.857 bits per heavy atom. The molecule has 8 aromatic rings. The number of nitrogens with zero attached hydrogens (tertiary/aromatic N) is 2. The molecular weight excluding hydrogens is 857 g/mol. The number of aromatic hydroxyl groups is 2. The Morgan fingerprint density at radius 1 is 0.357 bits per heavy atom. The minimum absolute atomic E-state index is 0. The van der Waals surface area contributed by atoms with Gasteiger partial charge in [0.1, 0.15) is 17.2 Å². The molecule has 5 nitrogen and oxygen atoms in total. The lowest BCUT2D eigenvalue weighted by Gasteiger charge is -2.22. The first-order valence-corrected chi connectivity index (χ1v) is 24.3. The number of phenolic OH excluding ortho intramolecular Hbond substituents is 2. The van der Waals surface area contributed by atoms with Crippen LogP contribution in [0.25, 0.3) is 66.8 Å². The lowest BCUT2D eigenvalue weighted by Crippen LogP contribution is -2.15. The summed E-state index contributed by atoms with van der Waals surface area (Å²) in [5, 5.41) is 36.9. The summed E-state index contributed by atoms with van der Waals surface area (Å²) in [6, 6.07) is 58.8. The summed E-state index contributed by atoms with van der Waals surface area (Å²) in [6.45, 7) is 25.1. The molecule has 0 spiro atoms. The molecule has 2 N–H and O–H groups in total. The molecule has 0 atom stereocenters. The fraction of sp³-hybridized carbons (Fsp3) is 0.231. The van der Waals surface area contributed by atoms with Gasteiger partial charge in [0.2, 0.25) is 0 Å². The average Bonchev–Trinajstić information content (AvgIpc) is 3.77. The predicted octanol–water partition coefficient (Wildman–Crippen LogP) is 18.5. The summed E-state index contributed by atoms with van der Waals surface area (Å²) in [6.07, 6.45) is 1.71. The Kier molecular flexibility index (Phi) is 19.1. The molecule has 2 aliphatic carbocycles. The second-order valence-corrected chi connectivity index (χ2v) is 16.8. The molecule has 0 heterocycles. The fourth-order valence-corrected chi connectivity index (χ4v) is 9.01. The van der Waals surface area contributed by atoms with Crippen LogP contribution in [-0.2, 0) is 10.8 Å². The van der Waals surface area contributed by atoms with E-state index in [0.717, 1.165) is 44.5 Å². The largest absolute Gasteiger partial charge is 0.508 e. The topological polar surface area (TPSA) is 97.3 Å². The third-order valence-corrected chi connectivity index (χ3v) is 12.5. The van der Waals surface area contributed by atoms with Crippen molar-refractivity contribution in [2.75, 3.05) is 0 Å². The zero-order valence-corrected chi connectivity index (χ0v) is 42.4. The molecule has 0 fully saturated rings. The fourth-order valence-electron chi connectivity index (χ4n) is 9.01. The van der Waals surface area contributed by atoms with Gasteiger partial charge in [0.05, 0.1) is 11.6 Å². The van der Waals surface area contributed by atoms with E-state index in [4.69, 9.17) is 15.3 Å². The van der Waals surface area contributed by atoms with E-state index in [1.807, 2.05) is 128 Å². The van der Waals surface area contributed by atoms with Crippen LogP contribution < -0.4 is 4.74 Å². The number of hydrogen-bond acceptors (Lipinski definition) is 5. The molecule has 5 heteroatoms. The van der Waals surface area contributed by atoms with Crippen molar-refractivity contribution in [1.29, 1.82) is 10.5 Å². The van der Waals surface area contributed by atoms with Crippen molar-refractivity contribution in [3.05, 3.63) is 198 Å². The van der Waals surface area contributed by atoms with Crippen LogP contribution in [0.15, 0.2) is 170 Å². The molecule has 0 bridgehead atoms. The van der Waals surface area contributed by atoms with E-state index in [1.54, 1.807) is 30.5 Å². The van der Waals surface area contributed by atoms with Crippen molar-refractivity contribution in [1.82, 2.24) is 0 Å². The smallest absolute Gasteiger partial charge is 0.292 e. The van der Waals surface area contributed by atoms with E-state index in [1.165, 1.54) is 44.5 Å². The second-order valence-electron chi connectivity index (χ2n) is 16.8. The van der Waals surface area contributed by atoms with Crippen LogP contribution in [0.4, 0.5) is 0 Å². The predicted molar refractivity (Wildman–Crippen MR) is 296 cm³/mol. The number of rotatable bonds is 5. The Labute approximate surface area is 419 Å². The average molecular weight is 927 g/mol. The van der Waals surface area contributed by atoms with Crippen LogP contribution in [0.2, 0.25) is 0 Å². The molecule has 0 unspecified atom stereocenters. The summed E-state index contributed by atoms with van der Waals surface area (Å²) < 4.78 is 4.90. The number of ether oxygens (including phenoxy) is 1. The van der Waals surface area contributed by atoms with Crippen molar-refractivity contribution >= 4 is 0 Å². The molecule has 2 aliphatic rings. The van der Waals surface area contributed by atoms with E-state index in [0.29, 0.717) is 11.3 Å². The first kappa shape index (κ1) is 54.7. The van der Waals surface area contributed by atoms with Gasteiger partial charge < -0.3 is 14.9 Å². The van der Waals surface area contributed by atoms with Crippen LogP contribution in [0.3, 0.4) is 0 Å². The van der Waals surface area contributed by atoms with Crippen molar-refractivity contribution in [3.63, 3.8) is 0 Å². The SMILES string of the molecule is C.CC.CC.CC.CC.CC1(C)c2cc(-c3ccc(C#N)cc3)ccc2-c2ccc(-c3ccc(OC#N)cc3)cc21.CC1(C)c2cc(-c3ccc(O)cc3)ccc2-c2ccc(-c3ccc(O)cc3)cc21. The molecule has 8 aromatic carbocycles. The Bertz CT molecular complexity index is 2960. The molecule has 0 radical (unpaired) electrons. The normalized spacial score (nSPS) is 11.9. The first-order valence-electron chi connectivity index (χ1n) is 24.3. The van der Waals surface area contributed by atoms with Gasteiger partial charge in [-0.3, -0.25) is 0 Å². The van der Waals surface area contributed by atoms with Crippen LogP contribution in [-0.4, -0.2) is 10.2 Å². The van der Waals surface area contributed by atoms with E-state index in [-0.39, 0.29) is 29.8 Å². The molecule has 0 saturated heterocycles. The van der Waals surface area contributed by atoms with Gasteiger partial charge in [-0.25, -0.2) is 0 Å². The van der Waals surface area contributed by atoms with Crippen LogP contribution >= 0.6 is 0 Å². The van der Waals surface area contributed by atoms with Crippen molar-refractivity contribution in [2.24, 2.45) is 0 Å². The zero-order chi connectivity index (χ0) is 50.5. The standard InChI is InChI=1S/C29H20N2O.C27H22O2.4C2H6.CH4/c1-29(2)27-15-22(20-5-3-19(17-30)4-6-20)9-13-25(27)26-14-10-23(16-28(26)29)21-7-11-24(12-8-21)32-18-31;1-27(2)25-15-19(17-3-9-21(28)10-4-17)7-13-23(25)24-14-8-20(16-26(24)27)18-5-11-22(29)12-6-18;4*1-2;/h3-16H,1-2H3;3-16,28-29H,1-2H3;4*1-2H3;1H4. The van der Waals surface area contributed by atoms with Crippen LogP contribution in [0.5, 0.6) is 17.2 Å². The molecule has 0 aromatic heterocycles. The number of benzene rings is 8. The monoisotopic (exact) mass is 927 g/mol. The van der Waals surface area contributed by atoms with Gasteiger partial charge in [-0.2, -0.15) is 5.26 Å². The highest BCUT2D eigenvalue weighted by Gasteiger charge is 2.37. The highest BCUT2D eigenvalue weighted by Crippen LogP contribution is 2.52. The van der Waals surface area contributed by atoms with Gasteiger partial charge in [-0.1, -0.05) is 188 Å². The number of nitriles is 2. The van der Waals surface area contributed by atoms with Gasteiger partial charge in [-0.15, -0.1) is 5.26 Å². The van der Waals surface area contributed by atoms with Crippen LogP contribution in [0, 0.1) is 22.8 Å². The molecule has 0 saturated carbocycles. The molecule has 10 rings (SSSR count). The Hall–Kier alpha value is -7.86. The van der Waals surface area contributed by atoms with E-state index in [9.17, 15) is 10.2 Å². The van der Waals surface area contributed by atoms with E-state index < -0.39 is 0 Å². The number of phenols is 2. The minimum Gasteiger partial charge on any atom is -0.508 e. The van der Waals surface area contributed by atoms with E-state index >= 15 is 0 Å². The lowest BCUT2D eigenvalue weighted by atomic mass is 9.81. The van der Waals surface area contributed by atoms with Gasteiger partial charge in [0, 0.05) is 10.8 Å². The van der Waals surface area contributed by atoms with Gasteiger partial charge in [0.25, 0.3) is 6.26 Å². The summed E-state index contributed by atoms with van der Waals surface area (Å²) in [4.78, 5) is 0. The molecule has 0 amide bonds. The Morgan fingerprint density at radius 2 is 0.600 bits per heavy atom. The van der Waals surface area contributed by atoms with Gasteiger partial charge in [0.15, 0.2) is 0 Å². The maximum absolute atomic E-state index is 9.58. The highest BCUT2D eigenvalue weighted by atomic mass is 16.5. The number of hydrogen-bond donors (Lipinski definition) is 2. The summed E-state index contributed by atoms with van der Waals surface area (Å²) in [5.74, 6) is 1.11. The lowest BCUT2D eigenvalue weighted by molar-refractivity contribution is 0.475. The summed E-state index contributed by atoms with van der Waals surface area (Å²) >= 11 is 0. The zero-order valence-electron chi connectivity index (χ0n) is 42.4. The maximum atomic E-state index is 9.58. The van der Waals surface area contributed by atoms with E-state index in [2.05, 4.69) is 107 Å². The molecule has 0 aliphatic heterocycles. The second kappa shape index (κ2) is 24.4. The summed E-state index contributed by atoms with van der Waals surface area (Å²) in [5.41, 5.74) is 19.8. The van der Waals surface area contributed by atoms with Gasteiger partial charge in [-0.05, 0) is 162 Å². The van der Waals surface area contributed by atoms with Crippen LogP contribution in [0.1, 0.15) is 118 Å². The number of fused-ring (bicyclic) bond motifs is 6. The first-order chi connectivity index (χ1) is 33.4. The Balaban J connectivity index is 0.000000264. The molecule has 70 heavy (non-hydrogen) atoms. The summed E-state index contributed by atoms with van der Waals surface area (Å²) in [7, 11) is 0. The van der Waals surface area contributed by atoms with Gasteiger partial charge >= 0.3 is 0 Å². The maximum Gasteiger partial charge on any atom is 0.292 e. The highest BCUT2D eigenvalue weighted by molar-refractivity contribution is 5.87. The third-order valence-electron chi connectivity index (χ3n) is 12.5. The molecular formula is C65H70N2O3. The quantitative estimate of drug-likeness (QED) is 0.168. The van der Waals surface area contributed by atoms with Crippen molar-refractivity contribution < 1.29 is 14.9 Å². The van der Waals surface area contributed by atoms with Crippen molar-refractivity contribution in [3.8, 4) is 96.3 Å².